The summed E-state index contributed by atoms with van der Waals surface area (Å²) in [6, 6.07) is 41.4. The van der Waals surface area contributed by atoms with Gasteiger partial charge in [-0.1, -0.05) is 91.0 Å². The van der Waals surface area contributed by atoms with E-state index in [9.17, 15) is 0 Å². The maximum Gasteiger partial charge on any atom is 0.143 e. The van der Waals surface area contributed by atoms with Crippen molar-refractivity contribution in [2.24, 2.45) is 0 Å². The van der Waals surface area contributed by atoms with Gasteiger partial charge in [0.2, 0.25) is 0 Å². The Hall–Kier alpha value is -5.35. The Morgan fingerprint density at radius 2 is 1.13 bits per heavy atom. The summed E-state index contributed by atoms with van der Waals surface area (Å²) in [5.41, 5.74) is 9.43. The van der Waals surface area contributed by atoms with Crippen LogP contribution in [0.4, 0.5) is 0 Å². The molecule has 0 aliphatic heterocycles. The highest BCUT2D eigenvalue weighted by Gasteiger charge is 2.13. The number of para-hydroxylation sites is 2. The van der Waals surface area contributed by atoms with Crippen molar-refractivity contribution in [2.45, 2.75) is 0 Å². The SMILES string of the molecule is c1ccc(-c2ccc3ccc4ccc(-c5ccc(-c6cccc7c6oc6ccccc67)cc5)nc4c3n2)nc1. The fraction of sp³-hybridized carbons (Fsp3) is 0. The molecule has 4 heteroatoms. The summed E-state index contributed by atoms with van der Waals surface area (Å²) in [7, 11) is 0. The summed E-state index contributed by atoms with van der Waals surface area (Å²) in [6.45, 7) is 0. The minimum atomic E-state index is 0.840. The maximum absolute atomic E-state index is 6.26. The Labute approximate surface area is 224 Å². The highest BCUT2D eigenvalue weighted by atomic mass is 16.3. The van der Waals surface area contributed by atoms with Gasteiger partial charge in [-0.05, 0) is 35.9 Å². The van der Waals surface area contributed by atoms with Gasteiger partial charge in [0.05, 0.1) is 28.1 Å². The molecule has 0 amide bonds. The lowest BCUT2D eigenvalue weighted by atomic mass is 10.00. The van der Waals surface area contributed by atoms with Crippen LogP contribution in [0, 0.1) is 0 Å². The standard InChI is InChI=1S/C35H21N3O/c1-2-10-32-27(6-1)28-8-5-7-26(35(28)39-32)22-11-13-23(14-12-22)29-19-17-24-15-16-25-18-20-31(30-9-3-4-21-36-30)38-34(25)33(24)37-29/h1-21H. The summed E-state index contributed by atoms with van der Waals surface area (Å²) in [6.07, 6.45) is 1.79. The molecule has 0 bridgehead atoms. The molecular formula is C35H21N3O. The van der Waals surface area contributed by atoms with Crippen molar-refractivity contribution in [2.75, 3.05) is 0 Å². The van der Waals surface area contributed by atoms with E-state index >= 15 is 0 Å². The van der Waals surface area contributed by atoms with Gasteiger partial charge < -0.3 is 4.42 Å². The molecule has 4 heterocycles. The van der Waals surface area contributed by atoms with Crippen molar-refractivity contribution >= 4 is 43.7 Å². The molecule has 39 heavy (non-hydrogen) atoms. The second kappa shape index (κ2) is 8.61. The summed E-state index contributed by atoms with van der Waals surface area (Å²) in [5.74, 6) is 0. The second-order valence-electron chi connectivity index (χ2n) is 9.67. The molecule has 0 saturated carbocycles. The number of hydrogen-bond acceptors (Lipinski definition) is 4. The Morgan fingerprint density at radius 3 is 1.92 bits per heavy atom. The Kier molecular flexibility index (Phi) is 4.79. The van der Waals surface area contributed by atoms with Crippen LogP contribution in [0.5, 0.6) is 0 Å². The number of fused-ring (bicyclic) bond motifs is 6. The van der Waals surface area contributed by atoms with E-state index in [1.165, 1.54) is 0 Å². The summed E-state index contributed by atoms with van der Waals surface area (Å²) in [5, 5.41) is 4.39. The quantitative estimate of drug-likeness (QED) is 0.228. The van der Waals surface area contributed by atoms with E-state index in [1.54, 1.807) is 6.20 Å². The van der Waals surface area contributed by atoms with Crippen molar-refractivity contribution in [3.05, 3.63) is 128 Å². The van der Waals surface area contributed by atoms with Gasteiger partial charge in [-0.2, -0.15) is 0 Å². The van der Waals surface area contributed by atoms with Gasteiger partial charge in [0, 0.05) is 38.9 Å². The number of hydrogen-bond donors (Lipinski definition) is 0. The molecule has 8 rings (SSSR count). The van der Waals surface area contributed by atoms with Gasteiger partial charge >= 0.3 is 0 Å². The van der Waals surface area contributed by atoms with Gasteiger partial charge in [-0.3, -0.25) is 4.98 Å². The normalized spacial score (nSPS) is 11.6. The molecule has 0 atom stereocenters. The van der Waals surface area contributed by atoms with Crippen LogP contribution < -0.4 is 0 Å². The number of furan rings is 1. The molecule has 0 fully saturated rings. The first kappa shape index (κ1) is 21.7. The minimum Gasteiger partial charge on any atom is -0.455 e. The molecule has 0 aliphatic rings. The number of nitrogens with zero attached hydrogens (tertiary/aromatic N) is 3. The van der Waals surface area contributed by atoms with Crippen molar-refractivity contribution in [3.63, 3.8) is 0 Å². The fourth-order valence-electron chi connectivity index (χ4n) is 5.38. The largest absolute Gasteiger partial charge is 0.455 e. The lowest BCUT2D eigenvalue weighted by Gasteiger charge is -2.09. The third-order valence-corrected chi connectivity index (χ3v) is 7.34. The van der Waals surface area contributed by atoms with Gasteiger partial charge in [-0.25, -0.2) is 9.97 Å². The predicted molar refractivity (Wildman–Crippen MR) is 158 cm³/mol. The molecule has 0 unspecified atom stereocenters. The lowest BCUT2D eigenvalue weighted by Crippen LogP contribution is -1.92. The first-order valence-corrected chi connectivity index (χ1v) is 12.9. The van der Waals surface area contributed by atoms with Crippen LogP contribution >= 0.6 is 0 Å². The monoisotopic (exact) mass is 499 g/mol. The van der Waals surface area contributed by atoms with Gasteiger partial charge in [0.1, 0.15) is 11.2 Å². The van der Waals surface area contributed by atoms with Gasteiger partial charge in [-0.15, -0.1) is 0 Å². The molecule has 0 N–H and O–H groups in total. The smallest absolute Gasteiger partial charge is 0.143 e. The third kappa shape index (κ3) is 3.57. The number of rotatable bonds is 3. The van der Waals surface area contributed by atoms with E-state index in [0.717, 1.165) is 77.5 Å². The predicted octanol–water partition coefficient (Wildman–Crippen LogP) is 9.08. The number of pyridine rings is 3. The molecule has 0 saturated heterocycles. The minimum absolute atomic E-state index is 0.840. The third-order valence-electron chi connectivity index (χ3n) is 7.34. The Balaban J connectivity index is 1.22. The molecule has 4 nitrogen and oxygen atoms in total. The summed E-state index contributed by atoms with van der Waals surface area (Å²) in [4.78, 5) is 14.5. The van der Waals surface area contributed by atoms with Crippen molar-refractivity contribution in [3.8, 4) is 33.8 Å². The average Bonchev–Trinajstić information content (AvgIpc) is 3.40. The van der Waals surface area contributed by atoms with Gasteiger partial charge in [0.15, 0.2) is 0 Å². The van der Waals surface area contributed by atoms with E-state index in [2.05, 4.69) is 83.8 Å². The van der Waals surface area contributed by atoms with Crippen LogP contribution in [0.25, 0.3) is 77.5 Å². The van der Waals surface area contributed by atoms with Crippen LogP contribution in [0.1, 0.15) is 0 Å². The highest BCUT2D eigenvalue weighted by molar-refractivity contribution is 6.09. The topological polar surface area (TPSA) is 51.8 Å². The number of aromatic nitrogens is 3. The van der Waals surface area contributed by atoms with Crippen LogP contribution in [0.15, 0.2) is 132 Å². The first-order chi connectivity index (χ1) is 19.3. The molecular weight excluding hydrogens is 478 g/mol. The van der Waals surface area contributed by atoms with Crippen LogP contribution in [0.2, 0.25) is 0 Å². The highest BCUT2D eigenvalue weighted by Crippen LogP contribution is 2.36. The van der Waals surface area contributed by atoms with E-state index in [4.69, 9.17) is 14.4 Å². The fourth-order valence-corrected chi connectivity index (χ4v) is 5.38. The summed E-state index contributed by atoms with van der Waals surface area (Å²) >= 11 is 0. The van der Waals surface area contributed by atoms with Gasteiger partial charge in [0.25, 0.3) is 0 Å². The van der Waals surface area contributed by atoms with Crippen molar-refractivity contribution in [1.29, 1.82) is 0 Å². The van der Waals surface area contributed by atoms with Crippen LogP contribution in [-0.4, -0.2) is 15.0 Å². The zero-order valence-corrected chi connectivity index (χ0v) is 20.9. The Morgan fingerprint density at radius 1 is 0.462 bits per heavy atom. The first-order valence-electron chi connectivity index (χ1n) is 12.9. The molecule has 0 radical (unpaired) electrons. The van der Waals surface area contributed by atoms with E-state index in [0.29, 0.717) is 0 Å². The summed E-state index contributed by atoms with van der Waals surface area (Å²) < 4.78 is 6.26. The van der Waals surface area contributed by atoms with E-state index in [1.807, 2.05) is 42.5 Å². The zero-order valence-electron chi connectivity index (χ0n) is 20.9. The molecule has 4 aromatic carbocycles. The van der Waals surface area contributed by atoms with Crippen molar-refractivity contribution < 1.29 is 4.42 Å². The van der Waals surface area contributed by atoms with Crippen LogP contribution in [0.3, 0.4) is 0 Å². The molecule has 0 aliphatic carbocycles. The molecule has 0 spiro atoms. The van der Waals surface area contributed by atoms with E-state index in [-0.39, 0.29) is 0 Å². The molecule has 8 aromatic rings. The molecule has 4 aromatic heterocycles. The van der Waals surface area contributed by atoms with Crippen molar-refractivity contribution in [1.82, 2.24) is 15.0 Å². The average molecular weight is 500 g/mol. The zero-order chi connectivity index (χ0) is 25.8. The van der Waals surface area contributed by atoms with Crippen LogP contribution in [-0.2, 0) is 0 Å². The van der Waals surface area contributed by atoms with E-state index < -0.39 is 0 Å². The second-order valence-corrected chi connectivity index (χ2v) is 9.67. The Bertz CT molecular complexity index is 2160. The number of benzene rings is 4. The lowest BCUT2D eigenvalue weighted by molar-refractivity contribution is 0.670. The maximum atomic E-state index is 6.26. The molecule has 182 valence electrons.